The smallest absolute Gasteiger partial charge is 0.225 e. The van der Waals surface area contributed by atoms with E-state index in [1.807, 2.05) is 28.9 Å². The van der Waals surface area contributed by atoms with Crippen molar-refractivity contribution in [2.45, 2.75) is 90.9 Å². The molecule has 1 aromatic carbocycles. The van der Waals surface area contributed by atoms with E-state index in [0.29, 0.717) is 18.5 Å². The van der Waals surface area contributed by atoms with Crippen LogP contribution in [0.1, 0.15) is 93.9 Å². The van der Waals surface area contributed by atoms with Crippen molar-refractivity contribution in [1.29, 1.82) is 0 Å². The highest BCUT2D eigenvalue weighted by atomic mass is 16.1. The molecule has 8 nitrogen and oxygen atoms in total. The molecule has 1 aliphatic carbocycles. The lowest BCUT2D eigenvalue weighted by molar-refractivity contribution is 0.101. The highest BCUT2D eigenvalue weighted by molar-refractivity contribution is 5.95. The van der Waals surface area contributed by atoms with E-state index in [9.17, 15) is 4.79 Å². The predicted octanol–water partition coefficient (Wildman–Crippen LogP) is 5.03. The zero-order valence-corrected chi connectivity index (χ0v) is 20.9. The van der Waals surface area contributed by atoms with Crippen molar-refractivity contribution in [2.24, 2.45) is 5.73 Å². The molecule has 1 fully saturated rings. The molecule has 1 saturated carbocycles. The fraction of sp³-hybridized carbons (Fsp3) is 0.538. The van der Waals surface area contributed by atoms with E-state index in [-0.39, 0.29) is 23.8 Å². The van der Waals surface area contributed by atoms with E-state index in [1.54, 1.807) is 6.92 Å². The number of hydrogen-bond acceptors (Lipinski definition) is 7. The molecule has 3 aromatic rings. The van der Waals surface area contributed by atoms with E-state index in [0.717, 1.165) is 59.4 Å². The molecule has 0 bridgehead atoms. The molecule has 0 aliphatic heterocycles. The summed E-state index contributed by atoms with van der Waals surface area (Å²) >= 11 is 0. The normalized spacial score (nSPS) is 18.6. The lowest BCUT2D eigenvalue weighted by Crippen LogP contribution is -2.33. The Morgan fingerprint density at radius 3 is 2.47 bits per heavy atom. The zero-order valence-electron chi connectivity index (χ0n) is 20.9. The molecule has 0 radical (unpaired) electrons. The van der Waals surface area contributed by atoms with Gasteiger partial charge in [-0.05, 0) is 57.9 Å². The number of anilines is 2. The van der Waals surface area contributed by atoms with Gasteiger partial charge in [-0.3, -0.25) is 9.48 Å². The van der Waals surface area contributed by atoms with Gasteiger partial charge in [0.05, 0.1) is 5.69 Å². The standard InChI is InChI=1S/C26H37N7O/c1-15(2)22-23-24(33(32-22)16(3)4)25(28-14-18-8-6-7-9-21(18)17(5)34)31-26(30-23)29-20-12-10-19(27)11-13-20/h6-9,15-16,19-20H,10-14,27H2,1-5H3,(H2,28,29,30,31). The molecule has 2 aromatic heterocycles. The molecule has 4 N–H and O–H groups in total. The van der Waals surface area contributed by atoms with Gasteiger partial charge in [0, 0.05) is 30.2 Å². The number of nitrogens with one attached hydrogen (secondary N) is 2. The van der Waals surface area contributed by atoms with E-state index in [2.05, 4.69) is 38.3 Å². The van der Waals surface area contributed by atoms with Gasteiger partial charge in [0.15, 0.2) is 11.6 Å². The van der Waals surface area contributed by atoms with Crippen LogP contribution >= 0.6 is 0 Å². The highest BCUT2D eigenvalue weighted by Gasteiger charge is 2.24. The minimum Gasteiger partial charge on any atom is -0.364 e. The summed E-state index contributed by atoms with van der Waals surface area (Å²) < 4.78 is 2.01. The van der Waals surface area contributed by atoms with Crippen LogP contribution in [0.15, 0.2) is 24.3 Å². The number of Topliss-reactive ketones (excluding diaryl/α,β-unsaturated/α-hetero) is 1. The maximum absolute atomic E-state index is 12.1. The number of ketones is 1. The van der Waals surface area contributed by atoms with Crippen molar-refractivity contribution in [3.63, 3.8) is 0 Å². The second-order valence-corrected chi connectivity index (χ2v) is 9.99. The molecule has 2 heterocycles. The van der Waals surface area contributed by atoms with Crippen molar-refractivity contribution in [2.75, 3.05) is 10.6 Å². The van der Waals surface area contributed by atoms with Crippen LogP contribution in [-0.4, -0.2) is 37.6 Å². The topological polar surface area (TPSA) is 111 Å². The van der Waals surface area contributed by atoms with Crippen LogP contribution in [0, 0.1) is 0 Å². The van der Waals surface area contributed by atoms with Gasteiger partial charge >= 0.3 is 0 Å². The average Bonchev–Trinajstić information content (AvgIpc) is 3.19. The number of benzene rings is 1. The second kappa shape index (κ2) is 10.1. The van der Waals surface area contributed by atoms with Crippen molar-refractivity contribution in [3.05, 3.63) is 41.1 Å². The predicted molar refractivity (Wildman–Crippen MR) is 137 cm³/mol. The summed E-state index contributed by atoms with van der Waals surface area (Å²) in [5, 5.41) is 12.0. The summed E-state index contributed by atoms with van der Waals surface area (Å²) in [6, 6.07) is 8.45. The molecule has 0 amide bonds. The molecule has 0 unspecified atom stereocenters. The van der Waals surface area contributed by atoms with Gasteiger partial charge in [0.25, 0.3) is 0 Å². The summed E-state index contributed by atoms with van der Waals surface area (Å²) in [5.41, 5.74) is 10.5. The molecule has 4 rings (SSSR count). The number of rotatable bonds is 8. The van der Waals surface area contributed by atoms with Gasteiger partial charge in [-0.2, -0.15) is 10.1 Å². The SMILES string of the molecule is CC(=O)c1ccccc1CNc1nc(NC2CCC(N)CC2)nc2c(C(C)C)nn(C(C)C)c12. The molecule has 34 heavy (non-hydrogen) atoms. The van der Waals surface area contributed by atoms with Crippen molar-refractivity contribution >= 4 is 28.6 Å². The van der Waals surface area contributed by atoms with E-state index in [4.69, 9.17) is 20.8 Å². The van der Waals surface area contributed by atoms with Gasteiger partial charge in [-0.25, -0.2) is 4.98 Å². The average molecular weight is 464 g/mol. The maximum atomic E-state index is 12.1. The van der Waals surface area contributed by atoms with Gasteiger partial charge in [0.1, 0.15) is 11.0 Å². The molecular weight excluding hydrogens is 426 g/mol. The lowest BCUT2D eigenvalue weighted by Gasteiger charge is -2.27. The summed E-state index contributed by atoms with van der Waals surface area (Å²) in [6.45, 7) is 10.6. The number of carbonyl (C=O) groups excluding carboxylic acids is 1. The van der Waals surface area contributed by atoms with E-state index < -0.39 is 0 Å². The summed E-state index contributed by atoms with van der Waals surface area (Å²) in [5.74, 6) is 1.62. The lowest BCUT2D eigenvalue weighted by atomic mass is 9.92. The molecule has 1 aliphatic rings. The zero-order chi connectivity index (χ0) is 24.4. The van der Waals surface area contributed by atoms with Crippen molar-refractivity contribution in [1.82, 2.24) is 19.7 Å². The molecular formula is C26H37N7O. The Kier molecular flexibility index (Phi) is 7.16. The molecule has 0 spiro atoms. The Morgan fingerprint density at radius 1 is 1.12 bits per heavy atom. The number of hydrogen-bond donors (Lipinski definition) is 3. The molecule has 182 valence electrons. The van der Waals surface area contributed by atoms with Gasteiger partial charge < -0.3 is 16.4 Å². The number of nitrogens with two attached hydrogens (primary N) is 1. The third-order valence-corrected chi connectivity index (χ3v) is 6.56. The van der Waals surface area contributed by atoms with Crippen molar-refractivity contribution in [3.8, 4) is 0 Å². The minimum atomic E-state index is 0.0532. The van der Waals surface area contributed by atoms with Crippen LogP contribution in [-0.2, 0) is 6.54 Å². The first-order valence-electron chi connectivity index (χ1n) is 12.4. The third kappa shape index (κ3) is 5.06. The number of carbonyl (C=O) groups is 1. The fourth-order valence-electron chi connectivity index (χ4n) is 4.66. The fourth-order valence-corrected chi connectivity index (χ4v) is 4.66. The number of nitrogens with zero attached hydrogens (tertiary/aromatic N) is 4. The Balaban J connectivity index is 1.75. The van der Waals surface area contributed by atoms with Gasteiger partial charge in [-0.15, -0.1) is 0 Å². The first-order valence-corrected chi connectivity index (χ1v) is 12.4. The summed E-state index contributed by atoms with van der Waals surface area (Å²) in [6.07, 6.45) is 4.05. The Morgan fingerprint density at radius 2 is 1.82 bits per heavy atom. The maximum Gasteiger partial charge on any atom is 0.225 e. The summed E-state index contributed by atoms with van der Waals surface area (Å²) in [4.78, 5) is 22.0. The van der Waals surface area contributed by atoms with Crippen LogP contribution in [0.2, 0.25) is 0 Å². The largest absolute Gasteiger partial charge is 0.364 e. The minimum absolute atomic E-state index is 0.0532. The quantitative estimate of drug-likeness (QED) is 0.402. The van der Waals surface area contributed by atoms with E-state index >= 15 is 0 Å². The highest BCUT2D eigenvalue weighted by Crippen LogP contribution is 2.32. The second-order valence-electron chi connectivity index (χ2n) is 9.99. The third-order valence-electron chi connectivity index (χ3n) is 6.56. The monoisotopic (exact) mass is 463 g/mol. The van der Waals surface area contributed by atoms with Crippen LogP contribution in [0.5, 0.6) is 0 Å². The van der Waals surface area contributed by atoms with Crippen LogP contribution in [0.4, 0.5) is 11.8 Å². The molecule has 8 heteroatoms. The Bertz CT molecular complexity index is 1160. The molecule has 0 saturated heterocycles. The number of aromatic nitrogens is 4. The van der Waals surface area contributed by atoms with Gasteiger partial charge in [0.2, 0.25) is 5.95 Å². The van der Waals surface area contributed by atoms with Gasteiger partial charge in [-0.1, -0.05) is 38.1 Å². The number of fused-ring (bicyclic) bond motifs is 1. The van der Waals surface area contributed by atoms with Crippen LogP contribution < -0.4 is 16.4 Å². The summed E-state index contributed by atoms with van der Waals surface area (Å²) in [7, 11) is 0. The molecule has 0 atom stereocenters. The first kappa shape index (κ1) is 24.1. The van der Waals surface area contributed by atoms with Crippen LogP contribution in [0.25, 0.3) is 11.0 Å². The Hall–Kier alpha value is -3.00. The Labute approximate surface area is 201 Å². The van der Waals surface area contributed by atoms with E-state index in [1.165, 1.54) is 0 Å². The first-order chi connectivity index (χ1) is 16.2. The van der Waals surface area contributed by atoms with Crippen molar-refractivity contribution < 1.29 is 4.79 Å². The van der Waals surface area contributed by atoms with Crippen LogP contribution in [0.3, 0.4) is 0 Å².